The lowest BCUT2D eigenvalue weighted by atomic mass is 9.95. The number of aromatic nitrogens is 1. The normalized spacial score (nSPS) is 10.7. The summed E-state index contributed by atoms with van der Waals surface area (Å²) in [6, 6.07) is 21.8. The first-order valence-electron chi connectivity index (χ1n) is 7.84. The summed E-state index contributed by atoms with van der Waals surface area (Å²) in [4.78, 5) is 0. The van der Waals surface area contributed by atoms with Gasteiger partial charge < -0.3 is 0 Å². The molecule has 0 saturated heterocycles. The summed E-state index contributed by atoms with van der Waals surface area (Å²) in [5.74, 6) is 0. The summed E-state index contributed by atoms with van der Waals surface area (Å²) in [6.07, 6.45) is 3.17. The first-order chi connectivity index (χ1) is 10.7. The molecule has 0 fully saturated rings. The average molecular weight is 288 g/mol. The van der Waals surface area contributed by atoms with Gasteiger partial charge in [0.2, 0.25) is 5.69 Å². The van der Waals surface area contributed by atoms with Crippen molar-refractivity contribution >= 4 is 0 Å². The molecule has 0 saturated carbocycles. The van der Waals surface area contributed by atoms with Crippen LogP contribution in [0, 0.1) is 6.92 Å². The van der Waals surface area contributed by atoms with E-state index in [1.807, 2.05) is 0 Å². The van der Waals surface area contributed by atoms with Crippen LogP contribution in [0.15, 0.2) is 66.9 Å². The van der Waals surface area contributed by atoms with E-state index < -0.39 is 0 Å². The van der Waals surface area contributed by atoms with Gasteiger partial charge in [0, 0.05) is 17.7 Å². The monoisotopic (exact) mass is 288 g/mol. The van der Waals surface area contributed by atoms with Gasteiger partial charge in [0.1, 0.15) is 7.05 Å². The van der Waals surface area contributed by atoms with Crippen molar-refractivity contribution in [1.29, 1.82) is 0 Å². The fourth-order valence-electron chi connectivity index (χ4n) is 2.89. The summed E-state index contributed by atoms with van der Waals surface area (Å²) in [7, 11) is 2.11. The molecule has 0 N–H and O–H groups in total. The van der Waals surface area contributed by atoms with Crippen molar-refractivity contribution in [2.24, 2.45) is 7.05 Å². The van der Waals surface area contributed by atoms with Crippen molar-refractivity contribution in [3.63, 3.8) is 0 Å². The van der Waals surface area contributed by atoms with Crippen molar-refractivity contribution in [3.8, 4) is 22.4 Å². The van der Waals surface area contributed by atoms with Gasteiger partial charge in [0.15, 0.2) is 6.20 Å². The van der Waals surface area contributed by atoms with E-state index in [0.717, 1.165) is 6.42 Å². The highest BCUT2D eigenvalue weighted by atomic mass is 14.9. The van der Waals surface area contributed by atoms with Gasteiger partial charge in [-0.05, 0) is 41.7 Å². The summed E-state index contributed by atoms with van der Waals surface area (Å²) in [5.41, 5.74) is 7.85. The molecule has 0 spiro atoms. The van der Waals surface area contributed by atoms with Gasteiger partial charge in [-0.25, -0.2) is 4.57 Å². The molecule has 2 aromatic carbocycles. The third kappa shape index (κ3) is 2.80. The van der Waals surface area contributed by atoms with Gasteiger partial charge in [-0.3, -0.25) is 0 Å². The molecule has 3 aromatic rings. The number of pyridine rings is 1. The Morgan fingerprint density at radius 1 is 0.864 bits per heavy atom. The van der Waals surface area contributed by atoms with E-state index in [4.69, 9.17) is 0 Å². The van der Waals surface area contributed by atoms with E-state index in [0.29, 0.717) is 0 Å². The number of nitrogens with zero attached hydrogens (tertiary/aromatic N) is 1. The van der Waals surface area contributed by atoms with Crippen LogP contribution >= 0.6 is 0 Å². The van der Waals surface area contributed by atoms with Crippen LogP contribution in [-0.4, -0.2) is 0 Å². The molecule has 1 aromatic heterocycles. The van der Waals surface area contributed by atoms with Gasteiger partial charge in [-0.15, -0.1) is 0 Å². The molecule has 0 aliphatic heterocycles. The zero-order chi connectivity index (χ0) is 15.5. The van der Waals surface area contributed by atoms with Crippen LogP contribution in [0.3, 0.4) is 0 Å². The molecule has 0 unspecified atom stereocenters. The first-order valence-corrected chi connectivity index (χ1v) is 7.84. The number of hydrogen-bond acceptors (Lipinski definition) is 0. The zero-order valence-corrected chi connectivity index (χ0v) is 13.5. The SMILES string of the molecule is CCc1cc(-c2ccccc2)ccc1-c1cc(C)cc[n+]1C. The molecular weight excluding hydrogens is 266 g/mol. The first kappa shape index (κ1) is 14.5. The number of benzene rings is 2. The quantitative estimate of drug-likeness (QED) is 0.614. The second-order valence-corrected chi connectivity index (χ2v) is 5.79. The minimum absolute atomic E-state index is 1.03. The van der Waals surface area contributed by atoms with E-state index in [2.05, 4.69) is 92.3 Å². The zero-order valence-electron chi connectivity index (χ0n) is 13.5. The van der Waals surface area contributed by atoms with E-state index >= 15 is 0 Å². The molecular formula is C21H22N+. The third-order valence-electron chi connectivity index (χ3n) is 4.17. The molecule has 3 rings (SSSR count). The summed E-state index contributed by atoms with van der Waals surface area (Å²) >= 11 is 0. The molecule has 0 aliphatic carbocycles. The van der Waals surface area contributed by atoms with Crippen molar-refractivity contribution < 1.29 is 4.57 Å². The maximum absolute atomic E-state index is 2.33. The Labute approximate surface area is 132 Å². The highest BCUT2D eigenvalue weighted by Crippen LogP contribution is 2.28. The second kappa shape index (κ2) is 6.15. The molecule has 110 valence electrons. The Balaban J connectivity index is 2.12. The molecule has 1 heterocycles. The van der Waals surface area contributed by atoms with Crippen LogP contribution in [0.2, 0.25) is 0 Å². The summed E-state index contributed by atoms with van der Waals surface area (Å²) < 4.78 is 2.20. The lowest BCUT2D eigenvalue weighted by Crippen LogP contribution is -2.30. The Bertz CT molecular complexity index is 788. The van der Waals surface area contributed by atoms with Crippen LogP contribution in [0.1, 0.15) is 18.1 Å². The van der Waals surface area contributed by atoms with Crippen LogP contribution in [0.25, 0.3) is 22.4 Å². The molecule has 0 atom stereocenters. The van der Waals surface area contributed by atoms with E-state index in [1.54, 1.807) is 0 Å². The van der Waals surface area contributed by atoms with Gasteiger partial charge in [-0.1, -0.05) is 49.4 Å². The fraction of sp³-hybridized carbons (Fsp3) is 0.190. The van der Waals surface area contributed by atoms with E-state index in [1.165, 1.54) is 33.5 Å². The van der Waals surface area contributed by atoms with Crippen molar-refractivity contribution in [3.05, 3.63) is 78.0 Å². The van der Waals surface area contributed by atoms with Crippen LogP contribution in [-0.2, 0) is 13.5 Å². The van der Waals surface area contributed by atoms with Crippen LogP contribution < -0.4 is 4.57 Å². The molecule has 1 heteroatoms. The Morgan fingerprint density at radius 2 is 1.64 bits per heavy atom. The highest BCUT2D eigenvalue weighted by molar-refractivity contribution is 5.71. The Morgan fingerprint density at radius 3 is 2.36 bits per heavy atom. The van der Waals surface area contributed by atoms with Gasteiger partial charge in [0.05, 0.1) is 0 Å². The lowest BCUT2D eigenvalue weighted by Gasteiger charge is -2.10. The number of rotatable bonds is 3. The van der Waals surface area contributed by atoms with Crippen molar-refractivity contribution in [1.82, 2.24) is 0 Å². The summed E-state index contributed by atoms with van der Waals surface area (Å²) in [6.45, 7) is 4.37. The smallest absolute Gasteiger partial charge is 0.201 e. The minimum Gasteiger partial charge on any atom is -0.201 e. The fourth-order valence-corrected chi connectivity index (χ4v) is 2.89. The summed E-state index contributed by atoms with van der Waals surface area (Å²) in [5, 5.41) is 0. The standard InChI is InChI=1S/C21H22N/c1-4-17-15-19(18-8-6-5-7-9-18)10-11-20(17)21-14-16(2)12-13-22(21)3/h5-15H,4H2,1-3H3/q+1. The maximum atomic E-state index is 2.33. The number of hydrogen-bond donors (Lipinski definition) is 0. The lowest BCUT2D eigenvalue weighted by molar-refractivity contribution is -0.660. The predicted molar refractivity (Wildman–Crippen MR) is 92.6 cm³/mol. The molecule has 0 radical (unpaired) electrons. The van der Waals surface area contributed by atoms with Crippen LogP contribution in [0.5, 0.6) is 0 Å². The topological polar surface area (TPSA) is 3.88 Å². The molecule has 1 nitrogen and oxygen atoms in total. The molecule has 0 aliphatic rings. The average Bonchev–Trinajstić information content (AvgIpc) is 2.57. The van der Waals surface area contributed by atoms with Crippen molar-refractivity contribution in [2.75, 3.05) is 0 Å². The minimum atomic E-state index is 1.03. The highest BCUT2D eigenvalue weighted by Gasteiger charge is 2.14. The molecule has 22 heavy (non-hydrogen) atoms. The predicted octanol–water partition coefficient (Wildman–Crippen LogP) is 4.72. The van der Waals surface area contributed by atoms with Gasteiger partial charge >= 0.3 is 0 Å². The van der Waals surface area contributed by atoms with Gasteiger partial charge in [0.25, 0.3) is 0 Å². The van der Waals surface area contributed by atoms with Crippen LogP contribution in [0.4, 0.5) is 0 Å². The molecule has 0 bridgehead atoms. The Hall–Kier alpha value is -2.41. The van der Waals surface area contributed by atoms with Crippen molar-refractivity contribution in [2.45, 2.75) is 20.3 Å². The number of aryl methyl sites for hydroxylation is 3. The van der Waals surface area contributed by atoms with Gasteiger partial charge in [-0.2, -0.15) is 0 Å². The molecule has 0 amide bonds. The second-order valence-electron chi connectivity index (χ2n) is 5.79. The van der Waals surface area contributed by atoms with E-state index in [-0.39, 0.29) is 0 Å². The van der Waals surface area contributed by atoms with E-state index in [9.17, 15) is 0 Å². The Kier molecular flexibility index (Phi) is 4.06. The largest absolute Gasteiger partial charge is 0.212 e. The third-order valence-corrected chi connectivity index (χ3v) is 4.17. The maximum Gasteiger partial charge on any atom is 0.212 e.